The number of methoxy groups -OCH3 is 1. The lowest BCUT2D eigenvalue weighted by atomic mass is 10.2. The minimum Gasteiger partial charge on any atom is -0.495 e. The summed E-state index contributed by atoms with van der Waals surface area (Å²) in [5, 5.41) is 3.05. The first-order chi connectivity index (χ1) is 9.97. The molecule has 0 fully saturated rings. The maximum absolute atomic E-state index is 12.0. The van der Waals surface area contributed by atoms with Crippen molar-refractivity contribution in [3.05, 3.63) is 23.2 Å². The minimum absolute atomic E-state index is 0.186. The number of hydrogen-bond donors (Lipinski definition) is 1. The number of amides is 1. The van der Waals surface area contributed by atoms with Crippen LogP contribution in [0.15, 0.2) is 18.2 Å². The molecule has 0 heterocycles. The summed E-state index contributed by atoms with van der Waals surface area (Å²) in [7, 11) is 1.48. The van der Waals surface area contributed by atoms with Gasteiger partial charge in [-0.3, -0.25) is 4.79 Å². The first kappa shape index (κ1) is 17.3. The average molecular weight is 316 g/mol. The highest BCUT2D eigenvalue weighted by Gasteiger charge is 2.19. The SMILES string of the molecule is CCOCC(=O)O[C@@H](C)C(=O)Nc1cc(Cl)ccc1OC. The van der Waals surface area contributed by atoms with E-state index in [-0.39, 0.29) is 6.61 Å². The molecule has 0 aliphatic carbocycles. The topological polar surface area (TPSA) is 73.9 Å². The van der Waals surface area contributed by atoms with Crippen molar-refractivity contribution >= 4 is 29.2 Å². The van der Waals surface area contributed by atoms with Gasteiger partial charge in [-0.25, -0.2) is 4.79 Å². The molecular formula is C14H18ClNO5. The number of hydrogen-bond acceptors (Lipinski definition) is 5. The van der Waals surface area contributed by atoms with E-state index < -0.39 is 18.0 Å². The van der Waals surface area contributed by atoms with Crippen LogP contribution < -0.4 is 10.1 Å². The number of esters is 1. The van der Waals surface area contributed by atoms with Gasteiger partial charge < -0.3 is 19.5 Å². The number of rotatable bonds is 7. The maximum atomic E-state index is 12.0. The fourth-order valence-corrected chi connectivity index (χ4v) is 1.65. The predicted octanol–water partition coefficient (Wildman–Crippen LogP) is 2.26. The first-order valence-corrected chi connectivity index (χ1v) is 6.77. The van der Waals surface area contributed by atoms with E-state index >= 15 is 0 Å². The molecule has 0 saturated carbocycles. The Kier molecular flexibility index (Phi) is 6.98. The lowest BCUT2D eigenvalue weighted by Crippen LogP contribution is -2.31. The smallest absolute Gasteiger partial charge is 0.332 e. The average Bonchev–Trinajstić information content (AvgIpc) is 2.45. The molecule has 0 radical (unpaired) electrons. The fraction of sp³-hybridized carbons (Fsp3) is 0.429. The largest absolute Gasteiger partial charge is 0.495 e. The van der Waals surface area contributed by atoms with Crippen LogP contribution in [0.5, 0.6) is 5.75 Å². The zero-order valence-corrected chi connectivity index (χ0v) is 12.9. The third-order valence-corrected chi connectivity index (χ3v) is 2.76. The zero-order valence-electron chi connectivity index (χ0n) is 12.1. The number of halogens is 1. The summed E-state index contributed by atoms with van der Waals surface area (Å²) in [5.74, 6) is -0.626. The lowest BCUT2D eigenvalue weighted by molar-refractivity contribution is -0.157. The van der Waals surface area contributed by atoms with Crippen molar-refractivity contribution in [3.63, 3.8) is 0 Å². The normalized spacial score (nSPS) is 11.6. The third kappa shape index (κ3) is 5.61. The number of nitrogens with one attached hydrogen (secondary N) is 1. The second-order valence-electron chi connectivity index (χ2n) is 4.10. The molecule has 0 aliphatic heterocycles. The van der Waals surface area contributed by atoms with Gasteiger partial charge in [0.25, 0.3) is 5.91 Å². The van der Waals surface area contributed by atoms with Gasteiger partial charge in [0.1, 0.15) is 12.4 Å². The number of anilines is 1. The second-order valence-corrected chi connectivity index (χ2v) is 4.54. The van der Waals surface area contributed by atoms with Gasteiger partial charge in [-0.05, 0) is 32.0 Å². The van der Waals surface area contributed by atoms with Crippen LogP contribution in [0.25, 0.3) is 0 Å². The van der Waals surface area contributed by atoms with E-state index in [0.717, 1.165) is 0 Å². The van der Waals surface area contributed by atoms with E-state index in [1.54, 1.807) is 25.1 Å². The molecule has 1 aromatic rings. The van der Waals surface area contributed by atoms with E-state index in [2.05, 4.69) is 5.32 Å². The van der Waals surface area contributed by atoms with Crippen LogP contribution >= 0.6 is 11.6 Å². The molecule has 0 spiro atoms. The Hall–Kier alpha value is -1.79. The molecule has 7 heteroatoms. The van der Waals surface area contributed by atoms with Gasteiger partial charge in [0.2, 0.25) is 0 Å². The fourth-order valence-electron chi connectivity index (χ4n) is 1.48. The summed E-state index contributed by atoms with van der Waals surface area (Å²) in [6.45, 7) is 3.44. The van der Waals surface area contributed by atoms with Gasteiger partial charge in [-0.1, -0.05) is 11.6 Å². The van der Waals surface area contributed by atoms with Gasteiger partial charge in [0.15, 0.2) is 6.10 Å². The standard InChI is InChI=1S/C14H18ClNO5/c1-4-20-8-13(17)21-9(2)14(18)16-11-7-10(15)5-6-12(11)19-3/h5-7,9H,4,8H2,1-3H3,(H,16,18)/t9-/m0/s1. The van der Waals surface area contributed by atoms with Gasteiger partial charge in [-0.2, -0.15) is 0 Å². The Morgan fingerprint density at radius 1 is 1.38 bits per heavy atom. The molecule has 1 N–H and O–H groups in total. The quantitative estimate of drug-likeness (QED) is 0.781. The summed E-state index contributed by atoms with van der Waals surface area (Å²) in [6.07, 6.45) is -0.957. The molecule has 0 unspecified atom stereocenters. The Morgan fingerprint density at radius 2 is 2.10 bits per heavy atom. The van der Waals surface area contributed by atoms with Crippen LogP contribution in [0, 0.1) is 0 Å². The summed E-state index contributed by atoms with van der Waals surface area (Å²) in [5.41, 5.74) is 0.405. The van der Waals surface area contributed by atoms with E-state index in [9.17, 15) is 9.59 Å². The Morgan fingerprint density at radius 3 is 2.71 bits per heavy atom. The van der Waals surface area contributed by atoms with Crippen molar-refractivity contribution in [1.82, 2.24) is 0 Å². The zero-order chi connectivity index (χ0) is 15.8. The van der Waals surface area contributed by atoms with Gasteiger partial charge >= 0.3 is 5.97 Å². The van der Waals surface area contributed by atoms with Crippen molar-refractivity contribution in [2.75, 3.05) is 25.6 Å². The highest BCUT2D eigenvalue weighted by molar-refractivity contribution is 6.31. The lowest BCUT2D eigenvalue weighted by Gasteiger charge is -2.15. The first-order valence-electron chi connectivity index (χ1n) is 6.39. The van der Waals surface area contributed by atoms with E-state index in [4.69, 9.17) is 25.8 Å². The van der Waals surface area contributed by atoms with Crippen LogP contribution in [0.2, 0.25) is 5.02 Å². The van der Waals surface area contributed by atoms with Crippen LogP contribution in [0.3, 0.4) is 0 Å². The highest BCUT2D eigenvalue weighted by Crippen LogP contribution is 2.27. The summed E-state index contributed by atoms with van der Waals surface area (Å²) >= 11 is 5.87. The van der Waals surface area contributed by atoms with Crippen molar-refractivity contribution < 1.29 is 23.8 Å². The number of carbonyl (C=O) groups is 2. The van der Waals surface area contributed by atoms with Crippen molar-refractivity contribution in [2.45, 2.75) is 20.0 Å². The van der Waals surface area contributed by atoms with Crippen molar-refractivity contribution in [2.24, 2.45) is 0 Å². The van der Waals surface area contributed by atoms with Gasteiger partial charge in [0, 0.05) is 11.6 Å². The molecule has 6 nitrogen and oxygen atoms in total. The van der Waals surface area contributed by atoms with Crippen molar-refractivity contribution in [3.8, 4) is 5.75 Å². The third-order valence-electron chi connectivity index (χ3n) is 2.52. The molecule has 0 aliphatic rings. The predicted molar refractivity (Wildman–Crippen MR) is 78.7 cm³/mol. The van der Waals surface area contributed by atoms with E-state index in [1.807, 2.05) is 0 Å². The molecule has 21 heavy (non-hydrogen) atoms. The van der Waals surface area contributed by atoms with Crippen LogP contribution in [0.4, 0.5) is 5.69 Å². The highest BCUT2D eigenvalue weighted by atomic mass is 35.5. The summed E-state index contributed by atoms with van der Waals surface area (Å²) in [6, 6.07) is 4.82. The van der Waals surface area contributed by atoms with E-state index in [0.29, 0.717) is 23.1 Å². The second kappa shape index (κ2) is 8.49. The van der Waals surface area contributed by atoms with Crippen LogP contribution in [0.1, 0.15) is 13.8 Å². The number of benzene rings is 1. The minimum atomic E-state index is -0.957. The van der Waals surface area contributed by atoms with Gasteiger partial charge in [-0.15, -0.1) is 0 Å². The molecule has 1 amide bonds. The van der Waals surface area contributed by atoms with E-state index in [1.165, 1.54) is 14.0 Å². The molecule has 116 valence electrons. The van der Waals surface area contributed by atoms with Crippen LogP contribution in [-0.4, -0.2) is 38.3 Å². The molecule has 0 bridgehead atoms. The monoisotopic (exact) mass is 315 g/mol. The maximum Gasteiger partial charge on any atom is 0.332 e. The molecule has 1 aromatic carbocycles. The Labute approximate surface area is 128 Å². The summed E-state index contributed by atoms with van der Waals surface area (Å²) < 4.78 is 15.0. The van der Waals surface area contributed by atoms with Crippen LogP contribution in [-0.2, 0) is 19.1 Å². The van der Waals surface area contributed by atoms with Crippen molar-refractivity contribution in [1.29, 1.82) is 0 Å². The molecule has 0 saturated heterocycles. The summed E-state index contributed by atoms with van der Waals surface area (Å²) in [4.78, 5) is 23.3. The number of carbonyl (C=O) groups excluding carboxylic acids is 2. The Balaban J connectivity index is 2.64. The molecular weight excluding hydrogens is 298 g/mol. The number of ether oxygens (including phenoxy) is 3. The molecule has 1 atom stereocenters. The molecule has 1 rings (SSSR count). The Bertz CT molecular complexity index is 506. The molecule has 0 aromatic heterocycles. The van der Waals surface area contributed by atoms with Gasteiger partial charge in [0.05, 0.1) is 12.8 Å².